The molecule has 0 aliphatic carbocycles. The summed E-state index contributed by atoms with van der Waals surface area (Å²) in [6, 6.07) is 15.3. The fourth-order valence-corrected chi connectivity index (χ4v) is 6.45. The minimum atomic E-state index is -4.76. The van der Waals surface area contributed by atoms with Crippen LogP contribution in [0.1, 0.15) is 25.0 Å². The van der Waals surface area contributed by atoms with E-state index in [0.717, 1.165) is 0 Å². The molecule has 0 aliphatic rings. The van der Waals surface area contributed by atoms with Crippen molar-refractivity contribution >= 4 is 59.4 Å². The Morgan fingerprint density at radius 3 is 1.93 bits per heavy atom. The summed E-state index contributed by atoms with van der Waals surface area (Å²) >= 11 is 0. The van der Waals surface area contributed by atoms with E-state index in [-0.39, 0.29) is 16.0 Å². The second-order valence-corrected chi connectivity index (χ2v) is 12.7. The fraction of sp³-hybridized carbons (Fsp3) is 0.214. The van der Waals surface area contributed by atoms with Gasteiger partial charge in [0, 0.05) is 24.2 Å². The van der Waals surface area contributed by atoms with Gasteiger partial charge in [0.15, 0.2) is 5.75 Å². The van der Waals surface area contributed by atoms with Gasteiger partial charge in [0.2, 0.25) is 10.0 Å². The van der Waals surface area contributed by atoms with Crippen LogP contribution in [0.3, 0.4) is 0 Å². The molecule has 14 heteroatoms. The Bertz CT molecular complexity index is 1940. The predicted octanol–water partition coefficient (Wildman–Crippen LogP) is 6.85. The number of nitrogen functional groups attached to an aromatic ring is 1. The van der Waals surface area contributed by atoms with Gasteiger partial charge in [0.05, 0.1) is 22.0 Å². The van der Waals surface area contributed by atoms with E-state index in [4.69, 9.17) is 5.73 Å². The van der Waals surface area contributed by atoms with Crippen molar-refractivity contribution in [2.24, 2.45) is 20.5 Å². The first-order valence-corrected chi connectivity index (χ1v) is 15.7. The number of fused-ring (bicyclic) bond motifs is 1. The number of azo groups is 2. The summed E-state index contributed by atoms with van der Waals surface area (Å²) in [5, 5.41) is 28.0. The molecule has 0 atom stereocenters. The average Bonchev–Trinajstić information content (AvgIpc) is 2.93. The largest absolute Gasteiger partial charge is 0.505 e. The van der Waals surface area contributed by atoms with Crippen LogP contribution < -0.4 is 5.73 Å². The normalized spacial score (nSPS) is 12.7. The number of aromatic hydroxyl groups is 1. The molecular weight excluding hydrogens is 580 g/mol. The number of rotatable bonds is 9. The number of phenols is 1. The lowest BCUT2D eigenvalue weighted by atomic mass is 10.1. The molecule has 0 radical (unpaired) electrons. The lowest BCUT2D eigenvalue weighted by Crippen LogP contribution is -2.30. The third-order valence-electron chi connectivity index (χ3n) is 6.61. The quantitative estimate of drug-likeness (QED) is 0.105. The second-order valence-electron chi connectivity index (χ2n) is 9.40. The first-order chi connectivity index (χ1) is 19.8. The number of aryl methyl sites for hydroxylation is 2. The van der Waals surface area contributed by atoms with Crippen LogP contribution in [-0.4, -0.2) is 43.9 Å². The standard InChI is InChI=1S/C28H30N6O6S2/c1-5-34(6-2)41(36,37)21-12-10-20(11-13-21)30-31-23-14-18(4)24(15-17(23)3)32-33-27-25(42(38,39)40)16-19-8-7-9-22(29)26(19)28(27)35/h7-16,35H,5-6,29H2,1-4H3,(H,38,39,40). The van der Waals surface area contributed by atoms with E-state index < -0.39 is 36.5 Å². The van der Waals surface area contributed by atoms with Crippen LogP contribution in [0, 0.1) is 13.8 Å². The molecule has 0 aliphatic heterocycles. The fourth-order valence-electron chi connectivity index (χ4n) is 4.33. The highest BCUT2D eigenvalue weighted by Crippen LogP contribution is 2.43. The van der Waals surface area contributed by atoms with E-state index in [1.165, 1.54) is 22.5 Å². The molecule has 0 spiro atoms. The molecule has 0 fully saturated rings. The number of benzene rings is 4. The maximum atomic E-state index is 12.7. The number of hydrogen-bond donors (Lipinski definition) is 3. The smallest absolute Gasteiger partial charge is 0.296 e. The molecule has 0 amide bonds. The van der Waals surface area contributed by atoms with Crippen LogP contribution in [0.25, 0.3) is 10.8 Å². The van der Waals surface area contributed by atoms with Crippen LogP contribution in [-0.2, 0) is 20.1 Å². The molecular formula is C28H30N6O6S2. The minimum absolute atomic E-state index is 0.171. The Morgan fingerprint density at radius 1 is 0.810 bits per heavy atom. The molecule has 220 valence electrons. The van der Waals surface area contributed by atoms with Crippen LogP contribution in [0.5, 0.6) is 5.75 Å². The molecule has 42 heavy (non-hydrogen) atoms. The van der Waals surface area contributed by atoms with Crippen molar-refractivity contribution in [3.05, 3.63) is 71.8 Å². The van der Waals surface area contributed by atoms with E-state index >= 15 is 0 Å². The zero-order valence-electron chi connectivity index (χ0n) is 23.3. The molecule has 0 bridgehead atoms. The number of nitrogens with two attached hydrogens (primary N) is 1. The molecule has 0 unspecified atom stereocenters. The van der Waals surface area contributed by atoms with E-state index in [0.29, 0.717) is 46.7 Å². The van der Waals surface area contributed by atoms with Crippen LogP contribution in [0.15, 0.2) is 90.9 Å². The van der Waals surface area contributed by atoms with Gasteiger partial charge in [-0.3, -0.25) is 4.55 Å². The zero-order chi connectivity index (χ0) is 30.8. The van der Waals surface area contributed by atoms with Crippen LogP contribution in [0.4, 0.5) is 28.4 Å². The van der Waals surface area contributed by atoms with Crippen molar-refractivity contribution in [2.45, 2.75) is 37.5 Å². The van der Waals surface area contributed by atoms with Gasteiger partial charge in [-0.1, -0.05) is 26.0 Å². The molecule has 0 saturated heterocycles. The maximum absolute atomic E-state index is 12.7. The second kappa shape index (κ2) is 11.9. The summed E-state index contributed by atoms with van der Waals surface area (Å²) in [4.78, 5) is -0.443. The molecule has 4 rings (SSSR count). The van der Waals surface area contributed by atoms with Crippen molar-refractivity contribution in [1.82, 2.24) is 4.31 Å². The monoisotopic (exact) mass is 610 g/mol. The first kappa shape index (κ1) is 30.7. The first-order valence-electron chi connectivity index (χ1n) is 12.8. The van der Waals surface area contributed by atoms with Crippen molar-refractivity contribution in [3.63, 3.8) is 0 Å². The van der Waals surface area contributed by atoms with Gasteiger partial charge in [0.1, 0.15) is 10.6 Å². The van der Waals surface area contributed by atoms with Gasteiger partial charge < -0.3 is 10.8 Å². The van der Waals surface area contributed by atoms with Gasteiger partial charge in [-0.15, -0.1) is 5.11 Å². The Kier molecular flexibility index (Phi) is 8.73. The number of nitrogens with zero attached hydrogens (tertiary/aromatic N) is 5. The third-order valence-corrected chi connectivity index (χ3v) is 9.54. The molecule has 4 N–H and O–H groups in total. The summed E-state index contributed by atoms with van der Waals surface area (Å²) in [5.74, 6) is -0.530. The zero-order valence-corrected chi connectivity index (χ0v) is 25.0. The summed E-state index contributed by atoms with van der Waals surface area (Å²) in [5.41, 5.74) is 8.35. The Labute approximate surface area is 244 Å². The third kappa shape index (κ3) is 6.16. The Balaban J connectivity index is 1.65. The highest BCUT2D eigenvalue weighted by atomic mass is 32.2. The lowest BCUT2D eigenvalue weighted by Gasteiger charge is -2.18. The van der Waals surface area contributed by atoms with Gasteiger partial charge in [-0.05, 0) is 78.9 Å². The molecule has 4 aromatic carbocycles. The van der Waals surface area contributed by atoms with Gasteiger partial charge in [-0.25, -0.2) is 8.42 Å². The van der Waals surface area contributed by atoms with Gasteiger partial charge >= 0.3 is 0 Å². The number of phenolic OH excluding ortho intramolecular Hbond substituents is 1. The minimum Gasteiger partial charge on any atom is -0.505 e. The Morgan fingerprint density at radius 2 is 1.38 bits per heavy atom. The molecule has 12 nitrogen and oxygen atoms in total. The van der Waals surface area contributed by atoms with Crippen LogP contribution >= 0.6 is 0 Å². The SMILES string of the molecule is CCN(CC)S(=O)(=O)c1ccc(N=Nc2cc(C)c(N=Nc3c(S(=O)(=O)O)cc4cccc(N)c4c3O)cc2C)cc1. The lowest BCUT2D eigenvalue weighted by molar-refractivity contribution is 0.445. The Hall–Kier alpha value is -4.24. The highest BCUT2D eigenvalue weighted by Gasteiger charge is 2.23. The van der Waals surface area contributed by atoms with Gasteiger partial charge in [0.25, 0.3) is 10.1 Å². The predicted molar refractivity (Wildman–Crippen MR) is 161 cm³/mol. The van der Waals surface area contributed by atoms with E-state index in [9.17, 15) is 26.5 Å². The summed E-state index contributed by atoms with van der Waals surface area (Å²) in [7, 11) is -8.34. The molecule has 0 aromatic heterocycles. The summed E-state index contributed by atoms with van der Waals surface area (Å²) in [6.45, 7) is 7.80. The number of sulfonamides is 1. The van der Waals surface area contributed by atoms with Crippen molar-refractivity contribution in [3.8, 4) is 5.75 Å². The van der Waals surface area contributed by atoms with E-state index in [1.807, 2.05) is 0 Å². The molecule has 0 saturated carbocycles. The van der Waals surface area contributed by atoms with E-state index in [2.05, 4.69) is 20.5 Å². The average molecular weight is 611 g/mol. The topological polar surface area (TPSA) is 187 Å². The summed E-state index contributed by atoms with van der Waals surface area (Å²) < 4.78 is 60.7. The van der Waals surface area contributed by atoms with Crippen molar-refractivity contribution < 1.29 is 26.5 Å². The maximum Gasteiger partial charge on any atom is 0.296 e. The van der Waals surface area contributed by atoms with E-state index in [1.54, 1.807) is 70.2 Å². The number of hydrogen-bond acceptors (Lipinski definition) is 10. The summed E-state index contributed by atoms with van der Waals surface area (Å²) in [6.07, 6.45) is 0. The van der Waals surface area contributed by atoms with Gasteiger partial charge in [-0.2, -0.15) is 28.1 Å². The highest BCUT2D eigenvalue weighted by molar-refractivity contribution is 7.89. The van der Waals surface area contributed by atoms with Crippen molar-refractivity contribution in [1.29, 1.82) is 0 Å². The van der Waals surface area contributed by atoms with Crippen molar-refractivity contribution in [2.75, 3.05) is 18.8 Å². The van der Waals surface area contributed by atoms with Crippen LogP contribution in [0.2, 0.25) is 0 Å². The molecule has 4 aromatic rings. The molecule has 0 heterocycles. The number of anilines is 1.